The maximum absolute atomic E-state index is 11.2. The first-order chi connectivity index (χ1) is 5.63. The lowest BCUT2D eigenvalue weighted by molar-refractivity contribution is -0.126. The van der Waals surface area contributed by atoms with Crippen LogP contribution in [-0.2, 0) is 9.59 Å². The van der Waals surface area contributed by atoms with Gasteiger partial charge >= 0.3 is 0 Å². The lowest BCUT2D eigenvalue weighted by Gasteiger charge is -2.18. The van der Waals surface area contributed by atoms with Gasteiger partial charge in [-0.2, -0.15) is 0 Å². The molecule has 0 radical (unpaired) electrons. The molecule has 0 rings (SSSR count). The number of carbonyl (C=O) groups excluding carboxylic acids is 2. The third-order valence-corrected chi connectivity index (χ3v) is 1.55. The van der Waals surface area contributed by atoms with Crippen molar-refractivity contribution >= 4 is 12.3 Å². The van der Waals surface area contributed by atoms with Crippen molar-refractivity contribution in [3.8, 4) is 0 Å². The number of hydrogen-bond donors (Lipinski definition) is 2. The minimum Gasteiger partial charge on any atom is -0.355 e. The molecule has 0 aliphatic heterocycles. The van der Waals surface area contributed by atoms with Crippen LogP contribution in [0.25, 0.3) is 0 Å². The number of hydrogen-bond acceptors (Lipinski definition) is 2. The molecular formula is C8H16N2O2. The van der Waals surface area contributed by atoms with Crippen LogP contribution < -0.4 is 10.6 Å². The molecule has 0 aliphatic rings. The predicted octanol–water partition coefficient (Wildman–Crippen LogP) is -0.107. The van der Waals surface area contributed by atoms with Crippen LogP contribution >= 0.6 is 0 Å². The first kappa shape index (κ1) is 10.9. The van der Waals surface area contributed by atoms with Crippen molar-refractivity contribution in [1.29, 1.82) is 0 Å². The minimum absolute atomic E-state index is 0.113. The number of likely N-dealkylation sites (N-methyl/N-ethyl adjacent to an activating group) is 1. The molecule has 0 aromatic carbocycles. The summed E-state index contributed by atoms with van der Waals surface area (Å²) in [5.41, 5.74) is 0. The van der Waals surface area contributed by atoms with E-state index in [4.69, 9.17) is 0 Å². The Hall–Kier alpha value is -1.06. The molecule has 0 fully saturated rings. The van der Waals surface area contributed by atoms with E-state index in [2.05, 4.69) is 10.6 Å². The Morgan fingerprint density at radius 3 is 2.42 bits per heavy atom. The van der Waals surface area contributed by atoms with Gasteiger partial charge in [0, 0.05) is 6.54 Å². The van der Waals surface area contributed by atoms with Crippen molar-refractivity contribution < 1.29 is 9.59 Å². The zero-order valence-corrected chi connectivity index (χ0v) is 7.76. The summed E-state index contributed by atoms with van der Waals surface area (Å²) in [6, 6.07) is -0.414. The molecule has 4 nitrogen and oxygen atoms in total. The van der Waals surface area contributed by atoms with Crippen molar-refractivity contribution in [2.45, 2.75) is 26.8 Å². The predicted molar refractivity (Wildman–Crippen MR) is 46.5 cm³/mol. The second-order valence-corrected chi connectivity index (χ2v) is 2.90. The minimum atomic E-state index is -0.414. The van der Waals surface area contributed by atoms with Gasteiger partial charge in [0.25, 0.3) is 0 Å². The summed E-state index contributed by atoms with van der Waals surface area (Å²) in [7, 11) is 0. The van der Waals surface area contributed by atoms with Gasteiger partial charge in [0.15, 0.2) is 0 Å². The van der Waals surface area contributed by atoms with Crippen molar-refractivity contribution in [2.75, 3.05) is 6.54 Å². The fourth-order valence-electron chi connectivity index (χ4n) is 0.928. The van der Waals surface area contributed by atoms with Crippen molar-refractivity contribution in [3.63, 3.8) is 0 Å². The molecule has 2 N–H and O–H groups in total. The quantitative estimate of drug-likeness (QED) is 0.569. The highest BCUT2D eigenvalue weighted by Gasteiger charge is 2.19. The van der Waals surface area contributed by atoms with Crippen molar-refractivity contribution in [1.82, 2.24) is 10.6 Å². The number of rotatable bonds is 5. The topological polar surface area (TPSA) is 58.2 Å². The largest absolute Gasteiger partial charge is 0.355 e. The monoisotopic (exact) mass is 172 g/mol. The Morgan fingerprint density at radius 2 is 2.08 bits per heavy atom. The fourth-order valence-corrected chi connectivity index (χ4v) is 0.928. The first-order valence-electron chi connectivity index (χ1n) is 4.10. The van der Waals surface area contributed by atoms with E-state index in [9.17, 15) is 9.59 Å². The van der Waals surface area contributed by atoms with Gasteiger partial charge in [0.1, 0.15) is 6.04 Å². The summed E-state index contributed by atoms with van der Waals surface area (Å²) in [4.78, 5) is 21.4. The van der Waals surface area contributed by atoms with Gasteiger partial charge in [0.05, 0.1) is 0 Å². The molecule has 0 aromatic rings. The summed E-state index contributed by atoms with van der Waals surface area (Å²) in [6.45, 7) is 6.20. The van der Waals surface area contributed by atoms with E-state index in [1.54, 1.807) is 0 Å². The first-order valence-corrected chi connectivity index (χ1v) is 4.10. The molecule has 0 bridgehead atoms. The average molecular weight is 172 g/mol. The van der Waals surface area contributed by atoms with Crippen LogP contribution in [0.4, 0.5) is 0 Å². The molecule has 1 atom stereocenters. The Balaban J connectivity index is 4.08. The molecule has 70 valence electrons. The highest BCUT2D eigenvalue weighted by atomic mass is 16.2. The number of amides is 2. The lowest BCUT2D eigenvalue weighted by Crippen LogP contribution is -2.46. The van der Waals surface area contributed by atoms with E-state index in [-0.39, 0.29) is 11.8 Å². The molecule has 0 saturated heterocycles. The summed E-state index contributed by atoms with van der Waals surface area (Å²) in [5.74, 6) is -0.0126. The maximum atomic E-state index is 11.2. The zero-order valence-electron chi connectivity index (χ0n) is 7.76. The van der Waals surface area contributed by atoms with Crippen LogP contribution in [0.2, 0.25) is 0 Å². The maximum Gasteiger partial charge on any atom is 0.242 e. The number of carbonyl (C=O) groups is 2. The smallest absolute Gasteiger partial charge is 0.242 e. The molecule has 0 heterocycles. The van der Waals surface area contributed by atoms with Crippen LogP contribution in [-0.4, -0.2) is 24.9 Å². The molecule has 0 unspecified atom stereocenters. The standard InChI is InChI=1S/C8H16N2O2/c1-4-9-8(12)7(6(2)3)10-5-11/h5-7H,4H2,1-3H3,(H,9,12)(H,10,11)/t7-/m0/s1. The van der Waals surface area contributed by atoms with Gasteiger partial charge in [-0.25, -0.2) is 0 Å². The van der Waals surface area contributed by atoms with E-state index in [1.165, 1.54) is 0 Å². The highest BCUT2D eigenvalue weighted by Crippen LogP contribution is 2.00. The summed E-state index contributed by atoms with van der Waals surface area (Å²) in [5, 5.41) is 5.13. The third kappa shape index (κ3) is 3.37. The van der Waals surface area contributed by atoms with E-state index in [0.717, 1.165) is 0 Å². The van der Waals surface area contributed by atoms with Crippen LogP contribution in [0, 0.1) is 5.92 Å². The molecule has 2 amide bonds. The third-order valence-electron chi connectivity index (χ3n) is 1.55. The number of nitrogens with one attached hydrogen (secondary N) is 2. The average Bonchev–Trinajstić information content (AvgIpc) is 1.99. The zero-order chi connectivity index (χ0) is 9.56. The second kappa shape index (κ2) is 5.57. The molecule has 0 spiro atoms. The van der Waals surface area contributed by atoms with Gasteiger partial charge in [0.2, 0.25) is 12.3 Å². The van der Waals surface area contributed by atoms with Crippen LogP contribution in [0.5, 0.6) is 0 Å². The van der Waals surface area contributed by atoms with Crippen LogP contribution in [0.1, 0.15) is 20.8 Å². The van der Waals surface area contributed by atoms with E-state index >= 15 is 0 Å². The molecule has 4 heteroatoms. The SMILES string of the molecule is CCNC(=O)[C@@H](NC=O)C(C)C. The summed E-state index contributed by atoms with van der Waals surface area (Å²) >= 11 is 0. The fraction of sp³-hybridized carbons (Fsp3) is 0.750. The Bertz CT molecular complexity index is 157. The normalized spacial score (nSPS) is 12.3. The van der Waals surface area contributed by atoms with E-state index < -0.39 is 6.04 Å². The highest BCUT2D eigenvalue weighted by molar-refractivity contribution is 5.83. The molecule has 12 heavy (non-hydrogen) atoms. The summed E-state index contributed by atoms with van der Waals surface area (Å²) in [6.07, 6.45) is 0.555. The van der Waals surface area contributed by atoms with E-state index in [1.807, 2.05) is 20.8 Å². The Morgan fingerprint density at radius 1 is 1.50 bits per heavy atom. The Labute approximate surface area is 72.7 Å². The Kier molecular flexibility index (Phi) is 5.08. The van der Waals surface area contributed by atoms with E-state index in [0.29, 0.717) is 13.0 Å². The van der Waals surface area contributed by atoms with Gasteiger partial charge < -0.3 is 10.6 Å². The molecule has 0 aliphatic carbocycles. The van der Waals surface area contributed by atoms with Gasteiger partial charge in [-0.05, 0) is 12.8 Å². The molecule has 0 saturated carbocycles. The van der Waals surface area contributed by atoms with Crippen LogP contribution in [0.15, 0.2) is 0 Å². The van der Waals surface area contributed by atoms with Crippen LogP contribution in [0.3, 0.4) is 0 Å². The lowest BCUT2D eigenvalue weighted by atomic mass is 10.0. The van der Waals surface area contributed by atoms with Gasteiger partial charge in [-0.1, -0.05) is 13.8 Å². The second-order valence-electron chi connectivity index (χ2n) is 2.90. The molecular weight excluding hydrogens is 156 g/mol. The van der Waals surface area contributed by atoms with Gasteiger partial charge in [-0.15, -0.1) is 0 Å². The van der Waals surface area contributed by atoms with Gasteiger partial charge in [-0.3, -0.25) is 9.59 Å². The van der Waals surface area contributed by atoms with Crippen molar-refractivity contribution in [3.05, 3.63) is 0 Å². The summed E-state index contributed by atoms with van der Waals surface area (Å²) < 4.78 is 0. The van der Waals surface area contributed by atoms with Crippen molar-refractivity contribution in [2.24, 2.45) is 5.92 Å². The molecule has 0 aromatic heterocycles.